The largest absolute Gasteiger partial charge is 0.417 e. The summed E-state index contributed by atoms with van der Waals surface area (Å²) in [4.78, 5) is 0. The number of hydrazine groups is 1. The maximum atomic E-state index is 13.1. The molecule has 0 spiro atoms. The number of allylic oxidation sites excluding steroid dienone is 1. The average molecular weight is 318 g/mol. The molecule has 0 aliphatic carbocycles. The van der Waals surface area contributed by atoms with Crippen molar-refractivity contribution in [2.45, 2.75) is 6.18 Å². The Kier molecular flexibility index (Phi) is 4.57. The summed E-state index contributed by atoms with van der Waals surface area (Å²) in [5.74, 6) is 5.17. The molecule has 0 aliphatic heterocycles. The smallest absolute Gasteiger partial charge is 0.396 e. The first-order chi connectivity index (χ1) is 10.9. The van der Waals surface area contributed by atoms with Crippen LogP contribution in [0.25, 0.3) is 16.8 Å². The van der Waals surface area contributed by atoms with Crippen molar-refractivity contribution < 1.29 is 13.2 Å². The summed E-state index contributed by atoms with van der Waals surface area (Å²) in [6, 6.07) is 13.2. The van der Waals surface area contributed by atoms with Gasteiger partial charge in [0.25, 0.3) is 0 Å². The van der Waals surface area contributed by atoms with E-state index in [1.807, 2.05) is 0 Å². The number of hydrogen-bond donors (Lipinski definition) is 3. The van der Waals surface area contributed by atoms with E-state index in [2.05, 4.69) is 5.43 Å². The van der Waals surface area contributed by atoms with E-state index in [0.717, 1.165) is 6.07 Å². The zero-order valence-corrected chi connectivity index (χ0v) is 11.9. The van der Waals surface area contributed by atoms with Gasteiger partial charge in [0.2, 0.25) is 0 Å². The average Bonchev–Trinajstić information content (AvgIpc) is 2.55. The highest BCUT2D eigenvalue weighted by molar-refractivity contribution is 5.73. The molecule has 2 aromatic rings. The van der Waals surface area contributed by atoms with E-state index < -0.39 is 11.7 Å². The van der Waals surface area contributed by atoms with Gasteiger partial charge in [0.15, 0.2) is 5.70 Å². The lowest BCUT2D eigenvalue weighted by molar-refractivity contribution is -0.137. The number of halogens is 3. The SMILES string of the molecule is N#C/C(NN)=C(/N)c1ccc(-c2ccccc2C(F)(F)F)cc1. The van der Waals surface area contributed by atoms with E-state index in [-0.39, 0.29) is 17.0 Å². The minimum absolute atomic E-state index is 0.0200. The molecule has 2 aromatic carbocycles. The highest BCUT2D eigenvalue weighted by atomic mass is 19.4. The van der Waals surface area contributed by atoms with Crippen LogP contribution in [0.3, 0.4) is 0 Å². The summed E-state index contributed by atoms with van der Waals surface area (Å²) in [6.45, 7) is 0. The molecule has 0 aliphatic rings. The van der Waals surface area contributed by atoms with Gasteiger partial charge in [0.05, 0.1) is 11.3 Å². The molecule has 0 atom stereocenters. The molecular formula is C16H13F3N4. The van der Waals surface area contributed by atoms with Crippen LogP contribution in [-0.4, -0.2) is 0 Å². The van der Waals surface area contributed by atoms with Crippen LogP contribution >= 0.6 is 0 Å². The van der Waals surface area contributed by atoms with Gasteiger partial charge in [-0.1, -0.05) is 42.5 Å². The summed E-state index contributed by atoms with van der Waals surface area (Å²) in [6.07, 6.45) is -4.44. The van der Waals surface area contributed by atoms with E-state index in [4.69, 9.17) is 16.8 Å². The Balaban J connectivity index is 2.47. The van der Waals surface area contributed by atoms with E-state index >= 15 is 0 Å². The van der Waals surface area contributed by atoms with E-state index in [1.165, 1.54) is 36.4 Å². The Morgan fingerprint density at radius 3 is 2.17 bits per heavy atom. The molecule has 0 saturated heterocycles. The maximum Gasteiger partial charge on any atom is 0.417 e. The molecule has 0 radical (unpaired) electrons. The molecule has 0 saturated carbocycles. The summed E-state index contributed by atoms with van der Waals surface area (Å²) in [5, 5.41) is 8.86. The first-order valence-corrected chi connectivity index (χ1v) is 6.52. The zero-order chi connectivity index (χ0) is 17.0. The lowest BCUT2D eigenvalue weighted by atomic mass is 9.97. The Hall–Kier alpha value is -2.98. The maximum absolute atomic E-state index is 13.1. The molecule has 0 heterocycles. The first-order valence-electron chi connectivity index (χ1n) is 6.52. The van der Waals surface area contributed by atoms with Crippen LogP contribution in [0, 0.1) is 11.3 Å². The van der Waals surface area contributed by atoms with Crippen molar-refractivity contribution in [3.63, 3.8) is 0 Å². The zero-order valence-electron chi connectivity index (χ0n) is 11.9. The van der Waals surface area contributed by atoms with Crippen LogP contribution in [0.15, 0.2) is 54.2 Å². The molecular weight excluding hydrogens is 305 g/mol. The summed E-state index contributed by atoms with van der Waals surface area (Å²) in [5.41, 5.74) is 8.29. The predicted octanol–water partition coefficient (Wildman–Crippen LogP) is 2.99. The number of hydrogen-bond acceptors (Lipinski definition) is 4. The number of benzene rings is 2. The molecule has 0 unspecified atom stereocenters. The molecule has 7 heteroatoms. The van der Waals surface area contributed by atoms with Gasteiger partial charge in [-0.05, 0) is 17.2 Å². The topological polar surface area (TPSA) is 87.9 Å². The Morgan fingerprint density at radius 2 is 1.65 bits per heavy atom. The predicted molar refractivity (Wildman–Crippen MR) is 80.9 cm³/mol. The molecule has 23 heavy (non-hydrogen) atoms. The molecule has 0 aromatic heterocycles. The number of nitrogens with one attached hydrogen (secondary N) is 1. The molecule has 118 valence electrons. The van der Waals surface area contributed by atoms with E-state index in [1.54, 1.807) is 12.1 Å². The number of nitriles is 1. The van der Waals surface area contributed by atoms with Crippen molar-refractivity contribution in [2.24, 2.45) is 11.6 Å². The van der Waals surface area contributed by atoms with Crippen LogP contribution in [0.4, 0.5) is 13.2 Å². The molecule has 0 amide bonds. The molecule has 0 fully saturated rings. The summed E-state index contributed by atoms with van der Waals surface area (Å²) >= 11 is 0. The molecule has 0 bridgehead atoms. The van der Waals surface area contributed by atoms with Crippen LogP contribution in [0.5, 0.6) is 0 Å². The van der Waals surface area contributed by atoms with Crippen molar-refractivity contribution in [3.05, 3.63) is 65.4 Å². The Morgan fingerprint density at radius 1 is 1.04 bits per heavy atom. The first kappa shape index (κ1) is 16.4. The second-order valence-electron chi connectivity index (χ2n) is 4.67. The fourth-order valence-corrected chi connectivity index (χ4v) is 2.13. The van der Waals surface area contributed by atoms with Crippen LogP contribution in [-0.2, 0) is 6.18 Å². The summed E-state index contributed by atoms with van der Waals surface area (Å²) in [7, 11) is 0. The van der Waals surface area contributed by atoms with Gasteiger partial charge in [-0.25, -0.2) is 5.84 Å². The lowest BCUT2D eigenvalue weighted by Gasteiger charge is -2.13. The third-order valence-electron chi connectivity index (χ3n) is 3.26. The minimum atomic E-state index is -4.44. The fraction of sp³-hybridized carbons (Fsp3) is 0.0625. The third-order valence-corrected chi connectivity index (χ3v) is 3.26. The van der Waals surface area contributed by atoms with Gasteiger partial charge >= 0.3 is 6.18 Å². The van der Waals surface area contributed by atoms with Crippen LogP contribution in [0.1, 0.15) is 11.1 Å². The quantitative estimate of drug-likeness (QED) is 0.461. The standard InChI is InChI=1S/C16H13F3N4/c17-16(18,19)13-4-2-1-3-12(13)10-5-7-11(8-6-10)15(21)14(9-20)23-22/h1-8,23H,21-22H2/b15-14-. The number of rotatable bonds is 3. The number of nitrogens with zero attached hydrogens (tertiary/aromatic N) is 1. The van der Waals surface area contributed by atoms with Crippen molar-refractivity contribution in [1.82, 2.24) is 5.43 Å². The van der Waals surface area contributed by atoms with Crippen molar-refractivity contribution in [3.8, 4) is 17.2 Å². The second-order valence-corrected chi connectivity index (χ2v) is 4.67. The summed E-state index contributed by atoms with van der Waals surface area (Å²) < 4.78 is 39.2. The molecule has 2 rings (SSSR count). The van der Waals surface area contributed by atoms with Crippen molar-refractivity contribution >= 4 is 5.70 Å². The van der Waals surface area contributed by atoms with Gasteiger partial charge in [-0.3, -0.25) is 0 Å². The second kappa shape index (κ2) is 6.42. The van der Waals surface area contributed by atoms with E-state index in [9.17, 15) is 13.2 Å². The molecule has 4 nitrogen and oxygen atoms in total. The monoisotopic (exact) mass is 318 g/mol. The van der Waals surface area contributed by atoms with Gasteiger partial charge in [0.1, 0.15) is 6.07 Å². The van der Waals surface area contributed by atoms with Gasteiger partial charge in [0, 0.05) is 5.56 Å². The normalized spacial score (nSPS) is 12.3. The van der Waals surface area contributed by atoms with Gasteiger partial charge in [-0.15, -0.1) is 0 Å². The molecule has 5 N–H and O–H groups in total. The van der Waals surface area contributed by atoms with Crippen molar-refractivity contribution in [2.75, 3.05) is 0 Å². The fourth-order valence-electron chi connectivity index (χ4n) is 2.13. The van der Waals surface area contributed by atoms with Crippen LogP contribution < -0.4 is 17.0 Å². The third kappa shape index (κ3) is 3.44. The highest BCUT2D eigenvalue weighted by Gasteiger charge is 2.33. The van der Waals surface area contributed by atoms with Crippen LogP contribution in [0.2, 0.25) is 0 Å². The number of nitrogens with two attached hydrogens (primary N) is 2. The van der Waals surface area contributed by atoms with Gasteiger partial charge < -0.3 is 11.2 Å². The Bertz CT molecular complexity index is 771. The van der Waals surface area contributed by atoms with E-state index in [0.29, 0.717) is 11.1 Å². The van der Waals surface area contributed by atoms with Gasteiger partial charge in [-0.2, -0.15) is 18.4 Å². The highest BCUT2D eigenvalue weighted by Crippen LogP contribution is 2.37. The van der Waals surface area contributed by atoms with Crippen molar-refractivity contribution in [1.29, 1.82) is 5.26 Å². The minimum Gasteiger partial charge on any atom is -0.396 e. The lowest BCUT2D eigenvalue weighted by Crippen LogP contribution is -2.23. The number of alkyl halides is 3. The Labute approximate surface area is 130 Å².